The van der Waals surface area contributed by atoms with E-state index in [9.17, 15) is 0 Å². The minimum Gasteiger partial charge on any atom is -0.226 e. The number of aromatic nitrogens is 5. The third-order valence-corrected chi connectivity index (χ3v) is 11.8. The fourth-order valence-electron chi connectivity index (χ4n) is 6.84. The van der Waals surface area contributed by atoms with Gasteiger partial charge in [0.25, 0.3) is 0 Å². The quantitative estimate of drug-likeness (QED) is 0.154. The first-order valence-electron chi connectivity index (χ1n) is 18.3. The van der Waals surface area contributed by atoms with E-state index in [1.54, 1.807) is 23.1 Å². The maximum Gasteiger partial charge on any atom is 0.164 e. The van der Waals surface area contributed by atoms with Gasteiger partial charge in [-0.15, -0.1) is 11.3 Å². The SMILES string of the molecule is c1ccc(-c2cccc(-c3nc(-c4ccc(Sc5cccc(-c6nc(-c7ccccc7)nc(-c7ccccc7)n6)c5)cc4)nc4c3sc3ccccc34)c2)cc1. The summed E-state index contributed by atoms with van der Waals surface area (Å²) in [5.41, 5.74) is 9.12. The van der Waals surface area contributed by atoms with Gasteiger partial charge in [0, 0.05) is 47.7 Å². The Kier molecular flexibility index (Phi) is 8.91. The van der Waals surface area contributed by atoms with E-state index in [0.717, 1.165) is 64.5 Å². The normalized spacial score (nSPS) is 11.3. The number of hydrogen-bond donors (Lipinski definition) is 0. The van der Waals surface area contributed by atoms with Gasteiger partial charge in [-0.3, -0.25) is 0 Å². The van der Waals surface area contributed by atoms with Crippen LogP contribution in [0.4, 0.5) is 0 Å². The van der Waals surface area contributed by atoms with Crippen molar-refractivity contribution in [1.29, 1.82) is 0 Å². The minimum absolute atomic E-state index is 0.633. The van der Waals surface area contributed by atoms with Crippen LogP contribution < -0.4 is 0 Å². The number of fused-ring (bicyclic) bond motifs is 3. The van der Waals surface area contributed by atoms with Crippen molar-refractivity contribution in [3.8, 4) is 67.9 Å². The molecule has 0 aliphatic heterocycles. The van der Waals surface area contributed by atoms with Crippen LogP contribution in [0.2, 0.25) is 0 Å². The predicted octanol–water partition coefficient (Wildman–Crippen LogP) is 13.2. The highest BCUT2D eigenvalue weighted by atomic mass is 32.2. The molecule has 0 unspecified atom stereocenters. The molecule has 7 aromatic carbocycles. The summed E-state index contributed by atoms with van der Waals surface area (Å²) in [7, 11) is 0. The second-order valence-electron chi connectivity index (χ2n) is 13.3. The van der Waals surface area contributed by atoms with E-state index in [1.807, 2.05) is 66.7 Å². The summed E-state index contributed by atoms with van der Waals surface area (Å²) in [6, 6.07) is 64.7. The van der Waals surface area contributed by atoms with Gasteiger partial charge in [0.2, 0.25) is 0 Å². The molecule has 0 atom stereocenters. The summed E-state index contributed by atoms with van der Waals surface area (Å²) in [5.74, 6) is 2.63. The lowest BCUT2D eigenvalue weighted by Crippen LogP contribution is -2.00. The van der Waals surface area contributed by atoms with Crippen molar-refractivity contribution in [2.45, 2.75) is 9.79 Å². The van der Waals surface area contributed by atoms with Crippen LogP contribution in [0.3, 0.4) is 0 Å². The Morgan fingerprint density at radius 1 is 0.339 bits per heavy atom. The Balaban J connectivity index is 0.984. The largest absolute Gasteiger partial charge is 0.226 e. The van der Waals surface area contributed by atoms with Crippen molar-refractivity contribution < 1.29 is 0 Å². The molecular formula is C49H31N5S2. The minimum atomic E-state index is 0.633. The van der Waals surface area contributed by atoms with Crippen LogP contribution in [-0.4, -0.2) is 24.9 Å². The zero-order chi connectivity index (χ0) is 37.3. The first-order chi connectivity index (χ1) is 27.7. The molecule has 3 heterocycles. The van der Waals surface area contributed by atoms with Crippen LogP contribution in [0.15, 0.2) is 198 Å². The molecule has 56 heavy (non-hydrogen) atoms. The van der Waals surface area contributed by atoms with Gasteiger partial charge >= 0.3 is 0 Å². The Morgan fingerprint density at radius 2 is 0.857 bits per heavy atom. The van der Waals surface area contributed by atoms with Crippen LogP contribution >= 0.6 is 23.1 Å². The Morgan fingerprint density at radius 3 is 1.55 bits per heavy atom. The molecule has 264 valence electrons. The second kappa shape index (κ2) is 14.8. The fourth-order valence-corrected chi connectivity index (χ4v) is 8.87. The molecule has 0 fully saturated rings. The maximum atomic E-state index is 5.26. The highest BCUT2D eigenvalue weighted by Crippen LogP contribution is 2.40. The van der Waals surface area contributed by atoms with E-state index in [1.165, 1.54) is 10.3 Å². The Bertz CT molecular complexity index is 2930. The number of nitrogens with zero attached hydrogens (tertiary/aromatic N) is 5. The predicted molar refractivity (Wildman–Crippen MR) is 231 cm³/mol. The molecular weight excluding hydrogens is 723 g/mol. The highest BCUT2D eigenvalue weighted by Gasteiger charge is 2.18. The molecule has 0 radical (unpaired) electrons. The smallest absolute Gasteiger partial charge is 0.164 e. The van der Waals surface area contributed by atoms with Crippen molar-refractivity contribution in [1.82, 2.24) is 24.9 Å². The lowest BCUT2D eigenvalue weighted by atomic mass is 10.0. The van der Waals surface area contributed by atoms with Crippen molar-refractivity contribution in [2.24, 2.45) is 0 Å². The fraction of sp³-hybridized carbons (Fsp3) is 0. The number of thiophene rings is 1. The molecule has 0 aliphatic rings. The molecule has 0 saturated heterocycles. The molecule has 0 N–H and O–H groups in total. The zero-order valence-corrected chi connectivity index (χ0v) is 31.6. The van der Waals surface area contributed by atoms with Gasteiger partial charge in [-0.1, -0.05) is 163 Å². The van der Waals surface area contributed by atoms with Gasteiger partial charge in [-0.25, -0.2) is 24.9 Å². The molecule has 10 rings (SSSR count). The van der Waals surface area contributed by atoms with Crippen molar-refractivity contribution in [3.05, 3.63) is 188 Å². The first-order valence-corrected chi connectivity index (χ1v) is 20.0. The van der Waals surface area contributed by atoms with E-state index in [0.29, 0.717) is 23.3 Å². The van der Waals surface area contributed by atoms with E-state index in [-0.39, 0.29) is 0 Å². The van der Waals surface area contributed by atoms with Gasteiger partial charge in [-0.05, 0) is 47.5 Å². The standard InChI is InChI=1S/C49H31N5S2/c1-4-14-32(15-5-1)36-20-12-21-37(30-36)43-45-44(41-24-10-11-25-42(41)56-45)51-46(50-43)35-26-28-39(29-27-35)55-40-23-13-22-38(31-40)49-53-47(33-16-6-2-7-17-33)52-48(54-49)34-18-8-3-9-19-34/h1-31H. The average Bonchev–Trinajstić information content (AvgIpc) is 3.66. The van der Waals surface area contributed by atoms with E-state index >= 15 is 0 Å². The van der Waals surface area contributed by atoms with Gasteiger partial charge in [0.05, 0.1) is 15.9 Å². The summed E-state index contributed by atoms with van der Waals surface area (Å²) in [4.78, 5) is 27.4. The molecule has 5 nitrogen and oxygen atoms in total. The molecule has 0 aliphatic carbocycles. The van der Waals surface area contributed by atoms with E-state index in [2.05, 4.69) is 121 Å². The highest BCUT2D eigenvalue weighted by molar-refractivity contribution is 7.99. The number of hydrogen-bond acceptors (Lipinski definition) is 7. The molecule has 10 aromatic rings. The monoisotopic (exact) mass is 753 g/mol. The summed E-state index contributed by atoms with van der Waals surface area (Å²) >= 11 is 3.45. The van der Waals surface area contributed by atoms with Crippen molar-refractivity contribution in [2.75, 3.05) is 0 Å². The third-order valence-electron chi connectivity index (χ3n) is 9.60. The van der Waals surface area contributed by atoms with E-state index < -0.39 is 0 Å². The third kappa shape index (κ3) is 6.75. The lowest BCUT2D eigenvalue weighted by Gasteiger charge is -2.10. The Hall–Kier alpha value is -6.80. The van der Waals surface area contributed by atoms with Crippen LogP contribution in [0.1, 0.15) is 0 Å². The maximum absolute atomic E-state index is 5.26. The molecule has 0 bridgehead atoms. The van der Waals surface area contributed by atoms with Crippen LogP contribution in [0, 0.1) is 0 Å². The summed E-state index contributed by atoms with van der Waals surface area (Å²) < 4.78 is 2.30. The molecule has 0 spiro atoms. The molecule has 3 aromatic heterocycles. The second-order valence-corrected chi connectivity index (χ2v) is 15.5. The number of rotatable bonds is 8. The summed E-state index contributed by atoms with van der Waals surface area (Å²) in [6.45, 7) is 0. The molecule has 0 saturated carbocycles. The summed E-state index contributed by atoms with van der Waals surface area (Å²) in [5, 5.41) is 1.15. The average molecular weight is 754 g/mol. The Labute approximate surface area is 332 Å². The van der Waals surface area contributed by atoms with E-state index in [4.69, 9.17) is 24.9 Å². The molecule has 0 amide bonds. The van der Waals surface area contributed by atoms with Crippen LogP contribution in [-0.2, 0) is 0 Å². The van der Waals surface area contributed by atoms with Crippen LogP contribution in [0.25, 0.3) is 88.2 Å². The molecule has 7 heteroatoms. The van der Waals surface area contributed by atoms with Gasteiger partial charge in [0.1, 0.15) is 0 Å². The van der Waals surface area contributed by atoms with Crippen LogP contribution in [0.5, 0.6) is 0 Å². The first kappa shape index (κ1) is 33.7. The van der Waals surface area contributed by atoms with Gasteiger partial charge in [0.15, 0.2) is 23.3 Å². The lowest BCUT2D eigenvalue weighted by molar-refractivity contribution is 1.07. The topological polar surface area (TPSA) is 64.5 Å². The zero-order valence-electron chi connectivity index (χ0n) is 30.0. The number of benzene rings is 7. The van der Waals surface area contributed by atoms with Crippen molar-refractivity contribution in [3.63, 3.8) is 0 Å². The van der Waals surface area contributed by atoms with Gasteiger partial charge in [-0.2, -0.15) is 0 Å². The van der Waals surface area contributed by atoms with Crippen molar-refractivity contribution >= 4 is 43.4 Å². The van der Waals surface area contributed by atoms with Gasteiger partial charge < -0.3 is 0 Å². The summed E-state index contributed by atoms with van der Waals surface area (Å²) in [6.07, 6.45) is 0.